The summed E-state index contributed by atoms with van der Waals surface area (Å²) in [6.07, 6.45) is 0. The maximum Gasteiger partial charge on any atom is 0.290 e. The molecule has 1 aliphatic heterocycles. The Morgan fingerprint density at radius 2 is 1.95 bits per heavy atom. The Morgan fingerprint density at radius 1 is 1.35 bits per heavy atom. The topological polar surface area (TPSA) is 77.8 Å². The third-order valence-corrected chi connectivity index (χ3v) is 3.74. The van der Waals surface area contributed by atoms with Crippen LogP contribution in [-0.2, 0) is 9.59 Å². The lowest BCUT2D eigenvalue weighted by atomic mass is 9.97. The fourth-order valence-corrected chi connectivity index (χ4v) is 2.61. The Kier molecular flexibility index (Phi) is 4.25. The molecule has 1 aromatic rings. The van der Waals surface area contributed by atoms with Gasteiger partial charge >= 0.3 is 0 Å². The average Bonchev–Trinajstić information content (AvgIpc) is 2.65. The quantitative estimate of drug-likeness (QED) is 0.875. The first-order valence-electron chi connectivity index (χ1n) is 6.08. The van der Waals surface area contributed by atoms with E-state index in [0.29, 0.717) is 5.56 Å². The van der Waals surface area contributed by atoms with E-state index >= 15 is 0 Å². The molecule has 0 spiro atoms. The van der Waals surface area contributed by atoms with E-state index in [4.69, 9.17) is 5.11 Å². The predicted octanol–water partition coefficient (Wildman–Crippen LogP) is 1.73. The fourth-order valence-electron chi connectivity index (χ4n) is 2.34. The van der Waals surface area contributed by atoms with Crippen molar-refractivity contribution in [1.82, 2.24) is 4.90 Å². The Balaban J connectivity index is 2.51. The first-order chi connectivity index (χ1) is 9.47. The van der Waals surface area contributed by atoms with Crippen LogP contribution in [0.2, 0.25) is 0 Å². The van der Waals surface area contributed by atoms with Gasteiger partial charge in [-0.05, 0) is 24.6 Å². The molecule has 2 rings (SSSR count). The van der Waals surface area contributed by atoms with Crippen LogP contribution in [0.5, 0.6) is 0 Å². The van der Waals surface area contributed by atoms with Crippen LogP contribution in [0.3, 0.4) is 0 Å². The van der Waals surface area contributed by atoms with Crippen LogP contribution < -0.4 is 0 Å². The third-order valence-electron chi connectivity index (χ3n) is 3.21. The smallest absolute Gasteiger partial charge is 0.290 e. The molecule has 1 aromatic carbocycles. The van der Waals surface area contributed by atoms with Crippen LogP contribution in [0.1, 0.15) is 18.5 Å². The lowest BCUT2D eigenvalue weighted by Crippen LogP contribution is -2.33. The van der Waals surface area contributed by atoms with Crippen molar-refractivity contribution in [1.29, 1.82) is 0 Å². The second kappa shape index (κ2) is 5.76. The van der Waals surface area contributed by atoms with Gasteiger partial charge in [0.25, 0.3) is 5.91 Å². The molecule has 20 heavy (non-hydrogen) atoms. The molecule has 0 bridgehead atoms. The molecule has 0 saturated carbocycles. The summed E-state index contributed by atoms with van der Waals surface area (Å²) in [4.78, 5) is 25.0. The van der Waals surface area contributed by atoms with Crippen LogP contribution in [-0.4, -0.2) is 40.0 Å². The van der Waals surface area contributed by atoms with E-state index in [9.17, 15) is 14.7 Å². The molecule has 0 aromatic heterocycles. The van der Waals surface area contributed by atoms with Gasteiger partial charge in [0.1, 0.15) is 0 Å². The van der Waals surface area contributed by atoms with Gasteiger partial charge in [-0.25, -0.2) is 0 Å². The van der Waals surface area contributed by atoms with Gasteiger partial charge in [-0.1, -0.05) is 28.1 Å². The first-order valence-corrected chi connectivity index (χ1v) is 6.88. The van der Waals surface area contributed by atoms with E-state index in [0.717, 1.165) is 4.47 Å². The molecule has 1 heterocycles. The van der Waals surface area contributed by atoms with Crippen molar-refractivity contribution in [2.75, 3.05) is 13.2 Å². The average molecular weight is 340 g/mol. The van der Waals surface area contributed by atoms with Crippen LogP contribution in [0.4, 0.5) is 0 Å². The standard InChI is InChI=1S/C14H14BrNO4/c1-8(18)11-12(9-2-4-10(15)5-3-9)16(6-7-17)14(20)13(11)19/h2-5,12,17,19H,6-7H2,1H3/t12-/m0/s1. The number of carbonyl (C=O) groups is 2. The molecule has 1 amide bonds. The minimum Gasteiger partial charge on any atom is -0.503 e. The maximum absolute atomic E-state index is 12.0. The van der Waals surface area contributed by atoms with Gasteiger partial charge in [-0.15, -0.1) is 0 Å². The second-order valence-corrected chi connectivity index (χ2v) is 5.41. The number of aliphatic hydroxyl groups excluding tert-OH is 2. The lowest BCUT2D eigenvalue weighted by molar-refractivity contribution is -0.129. The minimum absolute atomic E-state index is 0.0560. The van der Waals surface area contributed by atoms with Gasteiger partial charge in [0.2, 0.25) is 0 Å². The number of rotatable bonds is 4. The summed E-state index contributed by atoms with van der Waals surface area (Å²) in [5.41, 5.74) is 0.787. The number of halogens is 1. The van der Waals surface area contributed by atoms with Crippen LogP contribution in [0.25, 0.3) is 0 Å². The maximum atomic E-state index is 12.0. The summed E-state index contributed by atoms with van der Waals surface area (Å²) in [5, 5.41) is 19.0. The number of amides is 1. The van der Waals surface area contributed by atoms with E-state index in [1.807, 2.05) is 0 Å². The van der Waals surface area contributed by atoms with Gasteiger partial charge in [-0.3, -0.25) is 9.59 Å². The number of nitrogens with zero attached hydrogens (tertiary/aromatic N) is 1. The molecule has 1 aliphatic rings. The molecular weight excluding hydrogens is 326 g/mol. The van der Waals surface area contributed by atoms with Crippen LogP contribution in [0, 0.1) is 0 Å². The minimum atomic E-state index is -0.653. The van der Waals surface area contributed by atoms with Crippen molar-refractivity contribution in [3.63, 3.8) is 0 Å². The number of benzene rings is 1. The van der Waals surface area contributed by atoms with Gasteiger partial charge in [0.05, 0.1) is 18.2 Å². The van der Waals surface area contributed by atoms with E-state index in [1.54, 1.807) is 24.3 Å². The molecule has 0 aliphatic carbocycles. The van der Waals surface area contributed by atoms with Gasteiger partial charge in [0, 0.05) is 11.0 Å². The molecular formula is C14H14BrNO4. The third kappa shape index (κ3) is 2.48. The number of ketones is 1. The molecule has 0 radical (unpaired) electrons. The van der Waals surface area contributed by atoms with Crippen molar-refractivity contribution in [3.8, 4) is 0 Å². The number of carbonyl (C=O) groups excluding carboxylic acids is 2. The Bertz CT molecular complexity index is 579. The van der Waals surface area contributed by atoms with Crippen LogP contribution >= 0.6 is 15.9 Å². The van der Waals surface area contributed by atoms with Gasteiger partial charge in [0.15, 0.2) is 11.5 Å². The molecule has 1 atom stereocenters. The zero-order chi connectivity index (χ0) is 14.9. The Hall–Kier alpha value is -1.66. The predicted molar refractivity (Wildman–Crippen MR) is 76.0 cm³/mol. The Labute approximate surface area is 124 Å². The number of hydrogen-bond acceptors (Lipinski definition) is 4. The highest BCUT2D eigenvalue weighted by Crippen LogP contribution is 2.37. The van der Waals surface area contributed by atoms with Gasteiger partial charge < -0.3 is 15.1 Å². The summed E-state index contributed by atoms with van der Waals surface area (Å²) in [6, 6.07) is 6.48. The monoisotopic (exact) mass is 339 g/mol. The summed E-state index contributed by atoms with van der Waals surface area (Å²) in [7, 11) is 0. The summed E-state index contributed by atoms with van der Waals surface area (Å²) in [6.45, 7) is 1.13. The number of β-amino-alcohol motifs (C(OH)–C–C–N with tert-alkyl or cyclic N) is 1. The second-order valence-electron chi connectivity index (χ2n) is 4.49. The van der Waals surface area contributed by atoms with E-state index in [1.165, 1.54) is 11.8 Å². The van der Waals surface area contributed by atoms with Crippen molar-refractivity contribution in [2.45, 2.75) is 13.0 Å². The molecule has 0 fully saturated rings. The molecule has 106 valence electrons. The highest BCUT2D eigenvalue weighted by molar-refractivity contribution is 9.10. The molecule has 6 heteroatoms. The van der Waals surface area contributed by atoms with Crippen molar-refractivity contribution < 1.29 is 19.8 Å². The number of aliphatic hydroxyl groups is 2. The highest BCUT2D eigenvalue weighted by atomic mass is 79.9. The summed E-state index contributed by atoms with van der Waals surface area (Å²) in [5.74, 6) is -1.51. The lowest BCUT2D eigenvalue weighted by Gasteiger charge is -2.25. The van der Waals surface area contributed by atoms with E-state index < -0.39 is 17.7 Å². The largest absolute Gasteiger partial charge is 0.503 e. The Morgan fingerprint density at radius 3 is 2.45 bits per heavy atom. The molecule has 5 nitrogen and oxygen atoms in total. The number of hydrogen-bond donors (Lipinski definition) is 2. The molecule has 0 saturated heterocycles. The van der Waals surface area contributed by atoms with Crippen LogP contribution in [0.15, 0.2) is 40.1 Å². The highest BCUT2D eigenvalue weighted by Gasteiger charge is 2.41. The summed E-state index contributed by atoms with van der Waals surface area (Å²) >= 11 is 3.32. The SMILES string of the molecule is CC(=O)C1=C(O)C(=O)N(CCO)[C@H]1c1ccc(Br)cc1. The zero-order valence-electron chi connectivity index (χ0n) is 10.8. The van der Waals surface area contributed by atoms with Crippen molar-refractivity contribution >= 4 is 27.6 Å². The first kappa shape index (κ1) is 14.7. The van der Waals surface area contributed by atoms with Crippen molar-refractivity contribution in [3.05, 3.63) is 45.6 Å². The number of Topliss-reactive ketones (excluding diaryl/α,β-unsaturated/α-hetero) is 1. The zero-order valence-corrected chi connectivity index (χ0v) is 12.4. The van der Waals surface area contributed by atoms with E-state index in [2.05, 4.69) is 15.9 Å². The summed E-state index contributed by atoms with van der Waals surface area (Å²) < 4.78 is 0.872. The normalized spacial score (nSPS) is 18.9. The molecule has 0 unspecified atom stereocenters. The molecule has 2 N–H and O–H groups in total. The fraction of sp³-hybridized carbons (Fsp3) is 0.286. The van der Waals surface area contributed by atoms with Crippen molar-refractivity contribution in [2.24, 2.45) is 0 Å². The van der Waals surface area contributed by atoms with Gasteiger partial charge in [-0.2, -0.15) is 0 Å². The van der Waals surface area contributed by atoms with E-state index in [-0.39, 0.29) is 24.5 Å².